The van der Waals surface area contributed by atoms with Gasteiger partial charge in [-0.25, -0.2) is 4.98 Å². The van der Waals surface area contributed by atoms with Gasteiger partial charge in [-0.05, 0) is 12.8 Å². The van der Waals surface area contributed by atoms with Gasteiger partial charge in [0.15, 0.2) is 5.13 Å². The number of carboxylic acid groups (broad SMARTS) is 1. The molecule has 1 amide bonds. The van der Waals surface area contributed by atoms with Crippen LogP contribution in [0.3, 0.4) is 0 Å². The topological polar surface area (TPSA) is 79.3 Å². The Morgan fingerprint density at radius 1 is 1.42 bits per heavy atom. The van der Waals surface area contributed by atoms with Crippen LogP contribution in [0.1, 0.15) is 44.7 Å². The van der Waals surface area contributed by atoms with Crippen LogP contribution in [-0.2, 0) is 16.0 Å². The lowest BCUT2D eigenvalue weighted by Crippen LogP contribution is -2.35. The van der Waals surface area contributed by atoms with Gasteiger partial charge in [0.05, 0.1) is 12.1 Å². The summed E-state index contributed by atoms with van der Waals surface area (Å²) >= 11 is 1.28. The molecule has 0 spiro atoms. The molecule has 0 saturated heterocycles. The molecule has 0 bridgehead atoms. The largest absolute Gasteiger partial charge is 0.481 e. The lowest BCUT2D eigenvalue weighted by molar-refractivity contribution is -0.136. The zero-order chi connectivity index (χ0) is 13.9. The Morgan fingerprint density at radius 2 is 2.11 bits per heavy atom. The SMILES string of the molecule is CC1(C(=O)Nc2nc(CC(=O)O)cs2)CCCCC1. The molecule has 1 fully saturated rings. The van der Waals surface area contributed by atoms with Crippen LogP contribution in [0.2, 0.25) is 0 Å². The van der Waals surface area contributed by atoms with Gasteiger partial charge in [-0.1, -0.05) is 26.2 Å². The van der Waals surface area contributed by atoms with Gasteiger partial charge in [0.25, 0.3) is 0 Å². The summed E-state index contributed by atoms with van der Waals surface area (Å²) in [6.07, 6.45) is 5.09. The van der Waals surface area contributed by atoms with Crippen molar-refractivity contribution in [2.24, 2.45) is 5.41 Å². The molecule has 0 atom stereocenters. The maximum atomic E-state index is 12.3. The number of hydrogen-bond acceptors (Lipinski definition) is 4. The van der Waals surface area contributed by atoms with Crippen LogP contribution in [0.15, 0.2) is 5.38 Å². The first-order chi connectivity index (χ1) is 8.99. The number of nitrogens with zero attached hydrogens (tertiary/aromatic N) is 1. The number of carbonyl (C=O) groups is 2. The van der Waals surface area contributed by atoms with Crippen LogP contribution in [0, 0.1) is 5.41 Å². The second-order valence-electron chi connectivity index (χ2n) is 5.29. The van der Waals surface area contributed by atoms with E-state index in [0.29, 0.717) is 10.8 Å². The Hall–Kier alpha value is -1.43. The predicted molar refractivity (Wildman–Crippen MR) is 73.3 cm³/mol. The average molecular weight is 282 g/mol. The molecular formula is C13H18N2O3S. The second kappa shape index (κ2) is 5.69. The molecule has 1 saturated carbocycles. The van der Waals surface area contributed by atoms with E-state index in [1.807, 2.05) is 6.92 Å². The van der Waals surface area contributed by atoms with Crippen molar-refractivity contribution < 1.29 is 14.7 Å². The summed E-state index contributed by atoms with van der Waals surface area (Å²) in [6.45, 7) is 1.99. The van der Waals surface area contributed by atoms with E-state index in [2.05, 4.69) is 10.3 Å². The molecular weight excluding hydrogens is 264 g/mol. The van der Waals surface area contributed by atoms with Crippen LogP contribution in [-0.4, -0.2) is 22.0 Å². The maximum Gasteiger partial charge on any atom is 0.309 e. The third-order valence-electron chi connectivity index (χ3n) is 3.61. The minimum Gasteiger partial charge on any atom is -0.481 e. The highest BCUT2D eigenvalue weighted by atomic mass is 32.1. The van der Waals surface area contributed by atoms with Crippen molar-refractivity contribution in [1.29, 1.82) is 0 Å². The van der Waals surface area contributed by atoms with Crippen molar-refractivity contribution in [2.45, 2.75) is 45.4 Å². The molecule has 2 N–H and O–H groups in total. The number of hydrogen-bond donors (Lipinski definition) is 2. The van der Waals surface area contributed by atoms with Crippen LogP contribution < -0.4 is 5.32 Å². The van der Waals surface area contributed by atoms with Gasteiger partial charge in [-0.15, -0.1) is 11.3 Å². The predicted octanol–water partition coefficient (Wildman–Crippen LogP) is 2.68. The van der Waals surface area contributed by atoms with Gasteiger partial charge < -0.3 is 10.4 Å². The molecule has 0 aromatic carbocycles. The van der Waals surface area contributed by atoms with E-state index in [0.717, 1.165) is 25.7 Å². The molecule has 19 heavy (non-hydrogen) atoms. The summed E-state index contributed by atoms with van der Waals surface area (Å²) in [7, 11) is 0. The Kier molecular flexibility index (Phi) is 4.19. The number of thiazole rings is 1. The van der Waals surface area contributed by atoms with Crippen molar-refractivity contribution in [3.05, 3.63) is 11.1 Å². The van der Waals surface area contributed by atoms with E-state index in [4.69, 9.17) is 5.11 Å². The lowest BCUT2D eigenvalue weighted by atomic mass is 9.75. The number of rotatable bonds is 4. The fraction of sp³-hybridized carbons (Fsp3) is 0.615. The van der Waals surface area contributed by atoms with E-state index >= 15 is 0 Å². The lowest BCUT2D eigenvalue weighted by Gasteiger charge is -2.31. The van der Waals surface area contributed by atoms with Gasteiger partial charge in [0, 0.05) is 10.8 Å². The number of nitrogens with one attached hydrogen (secondary N) is 1. The molecule has 6 heteroatoms. The molecule has 2 rings (SSSR count). The number of aromatic nitrogens is 1. The molecule has 1 aliphatic rings. The van der Waals surface area contributed by atoms with Gasteiger partial charge in [-0.2, -0.15) is 0 Å². The summed E-state index contributed by atoms with van der Waals surface area (Å²) in [4.78, 5) is 27.0. The first-order valence-electron chi connectivity index (χ1n) is 6.47. The van der Waals surface area contributed by atoms with Crippen LogP contribution in [0.25, 0.3) is 0 Å². The summed E-state index contributed by atoms with van der Waals surface area (Å²) in [5, 5.41) is 13.7. The third-order valence-corrected chi connectivity index (χ3v) is 4.42. The maximum absolute atomic E-state index is 12.3. The summed E-state index contributed by atoms with van der Waals surface area (Å²) < 4.78 is 0. The molecule has 0 radical (unpaired) electrons. The van der Waals surface area contributed by atoms with Crippen LogP contribution >= 0.6 is 11.3 Å². The Labute approximate surface area is 116 Å². The van der Waals surface area contributed by atoms with Crippen molar-refractivity contribution in [2.75, 3.05) is 5.32 Å². The van der Waals surface area contributed by atoms with E-state index in [-0.39, 0.29) is 17.7 Å². The highest BCUT2D eigenvalue weighted by Crippen LogP contribution is 2.36. The van der Waals surface area contributed by atoms with E-state index in [1.54, 1.807) is 5.38 Å². The van der Waals surface area contributed by atoms with Crippen LogP contribution in [0.5, 0.6) is 0 Å². The number of amides is 1. The molecule has 0 aliphatic heterocycles. The van der Waals surface area contributed by atoms with Gasteiger partial charge >= 0.3 is 5.97 Å². The molecule has 1 heterocycles. The third kappa shape index (κ3) is 3.53. The quantitative estimate of drug-likeness (QED) is 0.889. The zero-order valence-corrected chi connectivity index (χ0v) is 11.8. The fourth-order valence-electron chi connectivity index (χ4n) is 2.41. The normalized spacial score (nSPS) is 17.9. The van der Waals surface area contributed by atoms with Gasteiger partial charge in [0.2, 0.25) is 5.91 Å². The smallest absolute Gasteiger partial charge is 0.309 e. The average Bonchev–Trinajstić information content (AvgIpc) is 2.76. The molecule has 1 aromatic heterocycles. The molecule has 104 valence electrons. The molecule has 1 aromatic rings. The van der Waals surface area contributed by atoms with Crippen molar-refractivity contribution >= 4 is 28.3 Å². The van der Waals surface area contributed by atoms with Crippen LogP contribution in [0.4, 0.5) is 5.13 Å². The first-order valence-corrected chi connectivity index (χ1v) is 7.35. The number of anilines is 1. The summed E-state index contributed by atoms with van der Waals surface area (Å²) in [6, 6.07) is 0. The molecule has 0 unspecified atom stereocenters. The summed E-state index contributed by atoms with van der Waals surface area (Å²) in [5.41, 5.74) is 0.179. The Balaban J connectivity index is 1.98. The van der Waals surface area contributed by atoms with E-state index < -0.39 is 5.97 Å². The van der Waals surface area contributed by atoms with E-state index in [9.17, 15) is 9.59 Å². The highest BCUT2D eigenvalue weighted by molar-refractivity contribution is 7.13. The molecule has 1 aliphatic carbocycles. The Bertz CT molecular complexity index is 478. The van der Waals surface area contributed by atoms with Crippen molar-refractivity contribution in [3.63, 3.8) is 0 Å². The first kappa shape index (κ1) is 14.0. The Morgan fingerprint density at radius 3 is 2.74 bits per heavy atom. The summed E-state index contributed by atoms with van der Waals surface area (Å²) in [5.74, 6) is -0.911. The van der Waals surface area contributed by atoms with Gasteiger partial charge in [0.1, 0.15) is 0 Å². The second-order valence-corrected chi connectivity index (χ2v) is 6.15. The minimum atomic E-state index is -0.914. The minimum absolute atomic E-state index is 0.00317. The van der Waals surface area contributed by atoms with Crippen molar-refractivity contribution in [1.82, 2.24) is 4.98 Å². The monoisotopic (exact) mass is 282 g/mol. The zero-order valence-electron chi connectivity index (χ0n) is 10.9. The van der Waals surface area contributed by atoms with Crippen molar-refractivity contribution in [3.8, 4) is 0 Å². The van der Waals surface area contributed by atoms with E-state index in [1.165, 1.54) is 17.8 Å². The number of carboxylic acids is 1. The highest BCUT2D eigenvalue weighted by Gasteiger charge is 2.34. The van der Waals surface area contributed by atoms with Gasteiger partial charge in [-0.3, -0.25) is 9.59 Å². The fourth-order valence-corrected chi connectivity index (χ4v) is 3.11. The number of carbonyl (C=O) groups excluding carboxylic acids is 1. The molecule has 5 nitrogen and oxygen atoms in total. The standard InChI is InChI=1S/C13H18N2O3S/c1-13(5-3-2-4-6-13)11(18)15-12-14-9(8-19-12)7-10(16)17/h8H,2-7H2,1H3,(H,16,17)(H,14,15,18). The number of aliphatic carboxylic acids is 1.